The summed E-state index contributed by atoms with van der Waals surface area (Å²) in [5.41, 5.74) is 0. The molecule has 1 atom stereocenters. The van der Waals surface area contributed by atoms with Crippen molar-refractivity contribution in [2.45, 2.75) is 6.92 Å². The van der Waals surface area contributed by atoms with Gasteiger partial charge in [-0.05, 0) is 31.2 Å². The lowest BCUT2D eigenvalue weighted by Gasteiger charge is -2.10. The van der Waals surface area contributed by atoms with Crippen LogP contribution in [-0.2, 0) is 9.09 Å². The molecule has 0 bridgehead atoms. The van der Waals surface area contributed by atoms with E-state index < -0.39 is 7.60 Å². The second kappa shape index (κ2) is 4.38. The molecule has 1 N–H and O–H groups in total. The lowest BCUT2D eigenvalue weighted by atomic mass is 10.4. The fraction of sp³-hybridized carbons (Fsp3) is 0.250. The topological polar surface area (TPSA) is 46.5 Å². The van der Waals surface area contributed by atoms with Crippen LogP contribution in [0.5, 0.6) is 0 Å². The monoisotopic (exact) mass is 264 g/mol. The average Bonchev–Trinajstić information content (AvgIpc) is 2.05. The first-order chi connectivity index (χ1) is 6.06. The molecule has 0 aliphatic heterocycles. The molecule has 1 unspecified atom stereocenters. The smallest absolute Gasteiger partial charge is 0.321 e. The minimum absolute atomic E-state index is 0.226. The van der Waals surface area contributed by atoms with Crippen LogP contribution in [0.1, 0.15) is 6.92 Å². The zero-order valence-electron chi connectivity index (χ0n) is 7.11. The van der Waals surface area contributed by atoms with Crippen molar-refractivity contribution in [3.63, 3.8) is 0 Å². The zero-order valence-corrected chi connectivity index (χ0v) is 9.59. The van der Waals surface area contributed by atoms with Gasteiger partial charge in [0, 0.05) is 4.47 Å². The molecule has 1 rings (SSSR count). The van der Waals surface area contributed by atoms with Crippen LogP contribution in [-0.4, -0.2) is 11.5 Å². The summed E-state index contributed by atoms with van der Waals surface area (Å²) in [6, 6.07) is 6.55. The number of halogens is 1. The summed E-state index contributed by atoms with van der Waals surface area (Å²) in [5, 5.41) is 0.317. The minimum atomic E-state index is -3.59. The molecule has 5 heteroatoms. The largest absolute Gasteiger partial charge is 0.358 e. The Morgan fingerprint density at radius 2 is 2.00 bits per heavy atom. The molecule has 0 heterocycles. The molecule has 0 fully saturated rings. The van der Waals surface area contributed by atoms with Crippen LogP contribution in [0, 0.1) is 0 Å². The molecule has 13 heavy (non-hydrogen) atoms. The van der Waals surface area contributed by atoms with E-state index in [1.54, 1.807) is 31.2 Å². The van der Waals surface area contributed by atoms with Crippen molar-refractivity contribution in [3.05, 3.63) is 28.7 Å². The van der Waals surface area contributed by atoms with Gasteiger partial charge in [0.15, 0.2) is 0 Å². The van der Waals surface area contributed by atoms with Crippen molar-refractivity contribution in [2.24, 2.45) is 0 Å². The van der Waals surface area contributed by atoms with Crippen LogP contribution in [0.25, 0.3) is 0 Å². The number of hydrogen-bond acceptors (Lipinski definition) is 2. The van der Waals surface area contributed by atoms with Gasteiger partial charge < -0.3 is 9.42 Å². The maximum absolute atomic E-state index is 11.4. The van der Waals surface area contributed by atoms with Gasteiger partial charge in [-0.1, -0.05) is 15.9 Å². The molecule has 0 spiro atoms. The Kier molecular flexibility index (Phi) is 3.68. The van der Waals surface area contributed by atoms with Crippen molar-refractivity contribution in [2.75, 3.05) is 6.61 Å². The molecule has 0 aromatic heterocycles. The van der Waals surface area contributed by atoms with Gasteiger partial charge in [-0.25, -0.2) is 0 Å². The average molecular weight is 265 g/mol. The normalized spacial score (nSPS) is 15.3. The third kappa shape index (κ3) is 2.92. The number of benzene rings is 1. The molecule has 3 nitrogen and oxygen atoms in total. The first-order valence-corrected chi connectivity index (χ1v) is 6.17. The van der Waals surface area contributed by atoms with E-state index in [9.17, 15) is 9.46 Å². The van der Waals surface area contributed by atoms with Gasteiger partial charge in [-0.3, -0.25) is 4.57 Å². The second-order valence-corrected chi connectivity index (χ2v) is 5.15. The molecule has 0 saturated carbocycles. The summed E-state index contributed by atoms with van der Waals surface area (Å²) in [6.07, 6.45) is 0. The highest BCUT2D eigenvalue weighted by Crippen LogP contribution is 2.40. The summed E-state index contributed by atoms with van der Waals surface area (Å²) in [4.78, 5) is 9.39. The Hall–Kier alpha value is -0.150. The lowest BCUT2D eigenvalue weighted by molar-refractivity contribution is 0.284. The molecule has 0 radical (unpaired) electrons. The predicted molar refractivity (Wildman–Crippen MR) is 55.2 cm³/mol. The fourth-order valence-electron chi connectivity index (χ4n) is 0.879. The van der Waals surface area contributed by atoms with Crippen LogP contribution < -0.4 is 5.30 Å². The second-order valence-electron chi connectivity index (χ2n) is 2.41. The van der Waals surface area contributed by atoms with E-state index in [0.29, 0.717) is 5.30 Å². The van der Waals surface area contributed by atoms with Crippen molar-refractivity contribution < 1.29 is 14.0 Å². The van der Waals surface area contributed by atoms with Gasteiger partial charge in [0.2, 0.25) is 0 Å². The van der Waals surface area contributed by atoms with Gasteiger partial charge in [-0.15, -0.1) is 0 Å². The van der Waals surface area contributed by atoms with E-state index in [2.05, 4.69) is 15.9 Å². The third-order valence-electron chi connectivity index (χ3n) is 1.46. The highest BCUT2D eigenvalue weighted by molar-refractivity contribution is 9.10. The molecule has 0 amide bonds. The van der Waals surface area contributed by atoms with E-state index in [-0.39, 0.29) is 6.61 Å². The third-order valence-corrected chi connectivity index (χ3v) is 3.54. The van der Waals surface area contributed by atoms with Crippen molar-refractivity contribution >= 4 is 28.8 Å². The summed E-state index contributed by atoms with van der Waals surface area (Å²) >= 11 is 3.24. The molecule has 0 aliphatic rings. The molecular weight excluding hydrogens is 255 g/mol. The maximum Gasteiger partial charge on any atom is 0.358 e. The van der Waals surface area contributed by atoms with Crippen molar-refractivity contribution in [3.8, 4) is 0 Å². The van der Waals surface area contributed by atoms with Crippen LogP contribution >= 0.6 is 23.5 Å². The van der Waals surface area contributed by atoms with E-state index >= 15 is 0 Å². The summed E-state index contributed by atoms with van der Waals surface area (Å²) in [5.74, 6) is 0. The summed E-state index contributed by atoms with van der Waals surface area (Å²) in [6.45, 7) is 1.91. The van der Waals surface area contributed by atoms with Crippen LogP contribution in [0.2, 0.25) is 0 Å². The Labute approximate surface area is 85.4 Å². The summed E-state index contributed by atoms with van der Waals surface area (Å²) < 4.78 is 17.1. The molecule has 72 valence electrons. The van der Waals surface area contributed by atoms with Crippen molar-refractivity contribution in [1.82, 2.24) is 0 Å². The van der Waals surface area contributed by atoms with Gasteiger partial charge in [0.25, 0.3) is 0 Å². The molecule has 1 aromatic carbocycles. The Bertz CT molecular complexity index is 323. The first-order valence-electron chi connectivity index (χ1n) is 3.79. The zero-order chi connectivity index (χ0) is 9.90. The number of rotatable bonds is 3. The highest BCUT2D eigenvalue weighted by atomic mass is 79.9. The Morgan fingerprint density at radius 1 is 1.46 bits per heavy atom. The minimum Gasteiger partial charge on any atom is -0.321 e. The molecular formula is C8H10BrO3P. The van der Waals surface area contributed by atoms with E-state index in [1.165, 1.54) is 0 Å². The Morgan fingerprint density at radius 3 is 2.46 bits per heavy atom. The van der Waals surface area contributed by atoms with Gasteiger partial charge in [-0.2, -0.15) is 0 Å². The van der Waals surface area contributed by atoms with E-state index in [1.807, 2.05) is 0 Å². The molecule has 1 aromatic rings. The van der Waals surface area contributed by atoms with E-state index in [4.69, 9.17) is 4.52 Å². The SMILES string of the molecule is CCOP(=O)(O)c1ccc(Br)cc1. The van der Waals surface area contributed by atoms with E-state index in [0.717, 1.165) is 4.47 Å². The predicted octanol–water partition coefficient (Wildman–Crippen LogP) is 2.30. The van der Waals surface area contributed by atoms with Crippen molar-refractivity contribution in [1.29, 1.82) is 0 Å². The quantitative estimate of drug-likeness (QED) is 0.853. The maximum atomic E-state index is 11.4. The fourth-order valence-corrected chi connectivity index (χ4v) is 2.17. The van der Waals surface area contributed by atoms with Gasteiger partial charge in [0.1, 0.15) is 0 Å². The van der Waals surface area contributed by atoms with Gasteiger partial charge >= 0.3 is 7.60 Å². The lowest BCUT2D eigenvalue weighted by Crippen LogP contribution is -2.06. The number of hydrogen-bond donors (Lipinski definition) is 1. The highest BCUT2D eigenvalue weighted by Gasteiger charge is 2.20. The molecule has 0 saturated heterocycles. The molecule has 0 aliphatic carbocycles. The van der Waals surface area contributed by atoms with Gasteiger partial charge in [0.05, 0.1) is 11.9 Å². The standard InChI is InChI=1S/C8H10BrO3P/c1-2-12-13(10,11)8-5-3-7(9)4-6-8/h3-6H,2H2,1H3,(H,10,11). The first kappa shape index (κ1) is 10.9. The Balaban J connectivity index is 2.94. The summed E-state index contributed by atoms with van der Waals surface area (Å²) in [7, 11) is -3.59. The van der Waals surface area contributed by atoms with Crippen LogP contribution in [0.3, 0.4) is 0 Å². The van der Waals surface area contributed by atoms with Crippen LogP contribution in [0.15, 0.2) is 28.7 Å². The van der Waals surface area contributed by atoms with Crippen LogP contribution in [0.4, 0.5) is 0 Å².